The van der Waals surface area contributed by atoms with E-state index in [0.717, 1.165) is 12.8 Å². The molecule has 0 aliphatic rings. The summed E-state index contributed by atoms with van der Waals surface area (Å²) >= 11 is 0. The maximum absolute atomic E-state index is 11.9. The van der Waals surface area contributed by atoms with Gasteiger partial charge in [-0.15, -0.1) is 0 Å². The summed E-state index contributed by atoms with van der Waals surface area (Å²) in [5, 5.41) is 4.10. The fourth-order valence-corrected chi connectivity index (χ4v) is 1.63. The zero-order chi connectivity index (χ0) is 13.5. The number of nitrogens with zero attached hydrogens (tertiary/aromatic N) is 2. The van der Waals surface area contributed by atoms with Crippen molar-refractivity contribution in [3.63, 3.8) is 0 Å². The molecular formula is C13H20N2O3. The van der Waals surface area contributed by atoms with Crippen LogP contribution in [0.25, 0.3) is 0 Å². The van der Waals surface area contributed by atoms with Gasteiger partial charge in [0.25, 0.3) is 0 Å². The minimum absolute atomic E-state index is 0.0620. The molecule has 0 aromatic carbocycles. The number of carbonyl (C=O) groups excluding carboxylic acids is 2. The van der Waals surface area contributed by atoms with Crippen LogP contribution in [0.15, 0.2) is 6.20 Å². The summed E-state index contributed by atoms with van der Waals surface area (Å²) in [7, 11) is 1.77. The van der Waals surface area contributed by atoms with Crippen LogP contribution in [0.4, 0.5) is 0 Å². The van der Waals surface area contributed by atoms with E-state index in [9.17, 15) is 9.59 Å². The lowest BCUT2D eigenvalue weighted by Crippen LogP contribution is -2.09. The molecule has 0 N–H and O–H groups in total. The minimum Gasteiger partial charge on any atom is -0.466 e. The summed E-state index contributed by atoms with van der Waals surface area (Å²) in [5.74, 6) is -0.369. The molecule has 0 radical (unpaired) electrons. The Kier molecular flexibility index (Phi) is 5.55. The molecule has 1 heterocycles. The van der Waals surface area contributed by atoms with Crippen LogP contribution in [-0.2, 0) is 16.6 Å². The molecule has 1 aromatic rings. The summed E-state index contributed by atoms with van der Waals surface area (Å²) in [6.45, 7) is 4.25. The molecule has 0 saturated heterocycles. The van der Waals surface area contributed by atoms with Gasteiger partial charge in [-0.2, -0.15) is 5.10 Å². The van der Waals surface area contributed by atoms with Gasteiger partial charge in [-0.25, -0.2) is 0 Å². The number of hydrogen-bond acceptors (Lipinski definition) is 4. The number of unbranched alkanes of at least 4 members (excludes halogenated alkanes) is 1. The van der Waals surface area contributed by atoms with E-state index in [-0.39, 0.29) is 24.6 Å². The van der Waals surface area contributed by atoms with E-state index in [1.54, 1.807) is 24.9 Å². The standard InChI is InChI=1S/C13H20N2O3/c1-4-5-8-18-13(17)7-6-12(16)11-9-15(3)14-10(11)2/h9H,4-8H2,1-3H3. The molecule has 5 nitrogen and oxygen atoms in total. The monoisotopic (exact) mass is 252 g/mol. The van der Waals surface area contributed by atoms with E-state index in [2.05, 4.69) is 5.10 Å². The van der Waals surface area contributed by atoms with Crippen LogP contribution in [0.3, 0.4) is 0 Å². The molecule has 0 unspecified atom stereocenters. The third-order valence-corrected chi connectivity index (χ3v) is 2.63. The zero-order valence-corrected chi connectivity index (χ0v) is 11.2. The molecule has 0 bridgehead atoms. The van der Waals surface area contributed by atoms with Gasteiger partial charge in [0.2, 0.25) is 0 Å². The maximum atomic E-state index is 11.9. The number of aromatic nitrogens is 2. The van der Waals surface area contributed by atoms with Crippen LogP contribution in [0, 0.1) is 6.92 Å². The van der Waals surface area contributed by atoms with E-state index in [0.29, 0.717) is 17.9 Å². The van der Waals surface area contributed by atoms with Gasteiger partial charge in [0.05, 0.1) is 24.3 Å². The number of ether oxygens (including phenoxy) is 1. The molecule has 0 saturated carbocycles. The summed E-state index contributed by atoms with van der Waals surface area (Å²) in [5.41, 5.74) is 1.28. The van der Waals surface area contributed by atoms with Gasteiger partial charge >= 0.3 is 5.97 Å². The van der Waals surface area contributed by atoms with Gasteiger partial charge in [0.1, 0.15) is 0 Å². The van der Waals surface area contributed by atoms with Crippen LogP contribution in [0.2, 0.25) is 0 Å². The lowest BCUT2D eigenvalue weighted by Gasteiger charge is -2.03. The SMILES string of the molecule is CCCCOC(=O)CCC(=O)c1cn(C)nc1C. The van der Waals surface area contributed by atoms with Gasteiger partial charge in [-0.1, -0.05) is 13.3 Å². The van der Waals surface area contributed by atoms with Crippen molar-refractivity contribution in [3.8, 4) is 0 Å². The predicted molar refractivity (Wildman–Crippen MR) is 67.4 cm³/mol. The molecule has 0 aliphatic heterocycles. The first-order valence-electron chi connectivity index (χ1n) is 6.23. The Morgan fingerprint density at radius 3 is 2.67 bits per heavy atom. The van der Waals surface area contributed by atoms with Gasteiger partial charge in [-0.05, 0) is 13.3 Å². The number of rotatable bonds is 7. The van der Waals surface area contributed by atoms with Crippen LogP contribution in [-0.4, -0.2) is 28.1 Å². The summed E-state index contributed by atoms with van der Waals surface area (Å²) in [4.78, 5) is 23.2. The second kappa shape index (κ2) is 6.93. The average Bonchev–Trinajstić information content (AvgIpc) is 2.66. The first-order valence-corrected chi connectivity index (χ1v) is 6.23. The Bertz CT molecular complexity index is 424. The Balaban J connectivity index is 2.37. The van der Waals surface area contributed by atoms with Crippen LogP contribution in [0.5, 0.6) is 0 Å². The van der Waals surface area contributed by atoms with E-state index in [1.165, 1.54) is 0 Å². The molecule has 1 rings (SSSR count). The fourth-order valence-electron chi connectivity index (χ4n) is 1.63. The Labute approximate surface area is 107 Å². The van der Waals surface area contributed by atoms with Crippen molar-refractivity contribution in [2.45, 2.75) is 39.5 Å². The van der Waals surface area contributed by atoms with Crippen LogP contribution >= 0.6 is 0 Å². The summed E-state index contributed by atoms with van der Waals surface area (Å²) in [6, 6.07) is 0. The quantitative estimate of drug-likeness (QED) is 0.423. The van der Waals surface area contributed by atoms with Crippen LogP contribution < -0.4 is 0 Å². The average molecular weight is 252 g/mol. The number of carbonyl (C=O) groups is 2. The maximum Gasteiger partial charge on any atom is 0.306 e. The Hall–Kier alpha value is -1.65. The second-order valence-corrected chi connectivity index (χ2v) is 4.30. The number of aryl methyl sites for hydroxylation is 2. The first kappa shape index (κ1) is 14.4. The predicted octanol–water partition coefficient (Wildman–Crippen LogP) is 2.03. The highest BCUT2D eigenvalue weighted by atomic mass is 16.5. The Morgan fingerprint density at radius 2 is 2.11 bits per heavy atom. The molecule has 0 fully saturated rings. The normalized spacial score (nSPS) is 10.4. The van der Waals surface area contributed by atoms with E-state index in [1.807, 2.05) is 6.92 Å². The van der Waals surface area contributed by atoms with Crippen molar-refractivity contribution in [2.75, 3.05) is 6.61 Å². The largest absolute Gasteiger partial charge is 0.466 e. The number of ketones is 1. The molecular weight excluding hydrogens is 232 g/mol. The molecule has 0 amide bonds. The molecule has 0 atom stereocenters. The molecule has 1 aromatic heterocycles. The van der Waals surface area contributed by atoms with Crippen LogP contribution in [0.1, 0.15) is 48.7 Å². The van der Waals surface area contributed by atoms with Gasteiger partial charge < -0.3 is 4.74 Å². The third-order valence-electron chi connectivity index (χ3n) is 2.63. The van der Waals surface area contributed by atoms with Crippen molar-refractivity contribution in [1.82, 2.24) is 9.78 Å². The molecule has 5 heteroatoms. The zero-order valence-electron chi connectivity index (χ0n) is 11.2. The first-order chi connectivity index (χ1) is 8.54. The lowest BCUT2D eigenvalue weighted by molar-refractivity contribution is -0.143. The van der Waals surface area contributed by atoms with Crippen molar-refractivity contribution in [1.29, 1.82) is 0 Å². The molecule has 0 spiro atoms. The molecule has 18 heavy (non-hydrogen) atoms. The van der Waals surface area contributed by atoms with E-state index < -0.39 is 0 Å². The Morgan fingerprint density at radius 1 is 1.39 bits per heavy atom. The van der Waals surface area contributed by atoms with Gasteiger partial charge in [-0.3, -0.25) is 14.3 Å². The second-order valence-electron chi connectivity index (χ2n) is 4.30. The lowest BCUT2D eigenvalue weighted by atomic mass is 10.1. The van der Waals surface area contributed by atoms with E-state index in [4.69, 9.17) is 4.74 Å². The van der Waals surface area contributed by atoms with Crippen molar-refractivity contribution < 1.29 is 14.3 Å². The third kappa shape index (κ3) is 4.31. The summed E-state index contributed by atoms with van der Waals surface area (Å²) < 4.78 is 6.59. The number of hydrogen-bond donors (Lipinski definition) is 0. The highest BCUT2D eigenvalue weighted by Gasteiger charge is 2.14. The fraction of sp³-hybridized carbons (Fsp3) is 0.615. The summed E-state index contributed by atoms with van der Waals surface area (Å²) in [6.07, 6.45) is 3.84. The number of esters is 1. The topological polar surface area (TPSA) is 61.2 Å². The minimum atomic E-state index is -0.307. The van der Waals surface area contributed by atoms with Crippen molar-refractivity contribution in [3.05, 3.63) is 17.5 Å². The molecule has 0 aliphatic carbocycles. The van der Waals surface area contributed by atoms with Crippen molar-refractivity contribution >= 4 is 11.8 Å². The van der Waals surface area contributed by atoms with Gasteiger partial charge in [0, 0.05) is 19.7 Å². The highest BCUT2D eigenvalue weighted by Crippen LogP contribution is 2.09. The van der Waals surface area contributed by atoms with Crippen molar-refractivity contribution in [2.24, 2.45) is 7.05 Å². The van der Waals surface area contributed by atoms with Gasteiger partial charge in [0.15, 0.2) is 5.78 Å². The smallest absolute Gasteiger partial charge is 0.306 e. The molecule has 100 valence electrons. The highest BCUT2D eigenvalue weighted by molar-refractivity contribution is 5.98. The number of Topliss-reactive ketones (excluding diaryl/α,β-unsaturated/α-hetero) is 1. The van der Waals surface area contributed by atoms with E-state index >= 15 is 0 Å².